The molecule has 5 aromatic carbocycles. The van der Waals surface area contributed by atoms with Gasteiger partial charge in [0, 0.05) is 110 Å². The number of hydrogen-bond donors (Lipinski definition) is 3. The molecule has 88 heavy (non-hydrogen) atoms. The average Bonchev–Trinajstić information content (AvgIpc) is 2.57. The Morgan fingerprint density at radius 3 is 2.17 bits per heavy atom. The summed E-state index contributed by atoms with van der Waals surface area (Å²) in [5.74, 6) is -4.82. The lowest BCUT2D eigenvalue weighted by Gasteiger charge is -2.52. The summed E-state index contributed by atoms with van der Waals surface area (Å²) in [6.07, 6.45) is 4.80. The minimum Gasteiger partial charge on any atom is -0.380 e. The van der Waals surface area contributed by atoms with E-state index in [1.807, 2.05) is 47.2 Å². The van der Waals surface area contributed by atoms with E-state index in [9.17, 15) is 54.0 Å². The van der Waals surface area contributed by atoms with Crippen LogP contribution in [0.5, 0.6) is 0 Å². The lowest BCUT2D eigenvalue weighted by atomic mass is 9.73. The first kappa shape index (κ1) is 62.9. The molecule has 5 fully saturated rings. The molecule has 17 nitrogen and oxygen atoms in total. The number of nitrogens with one attached hydrogen (secondary N) is 3. The van der Waals surface area contributed by atoms with Crippen molar-refractivity contribution in [3.63, 3.8) is 0 Å². The second kappa shape index (κ2) is 25.3. The molecule has 3 N–H and O–H groups in total. The van der Waals surface area contributed by atoms with Crippen LogP contribution in [0.15, 0.2) is 129 Å². The molecule has 0 saturated carbocycles. The van der Waals surface area contributed by atoms with E-state index in [1.165, 1.54) is 52.7 Å². The molecule has 0 aromatic heterocycles. The fourth-order valence-corrected chi connectivity index (χ4v) is 16.2. The Bertz CT molecular complexity index is 3810. The smallest absolute Gasteiger partial charge is 0.380 e. The first-order valence-electron chi connectivity index (χ1n) is 29.3. The van der Waals surface area contributed by atoms with Gasteiger partial charge in [0.2, 0.25) is 11.8 Å². The number of alkyl halides is 3. The quantitative estimate of drug-likeness (QED) is 0.0400. The molecule has 12 rings (SSSR count). The standard InChI is InChI=1S/C63H67ClF4N8O9S3/c1-62(2)24-22-50(40-8-12-43(64)13-9-40)42(33-62)35-72-26-28-73(29-27-72)45-14-10-41(11-15-45)58(78)71-88(84,85)49-18-19-53(55(32-49)87(82,83)63(66,67)68)69-44(38-86-48-6-4-3-5-7-48)23-25-74-36-47-17-16-46(74)37-75(47)34-39-30-51-57(52(65)31-39)61(81)76(60(51)80)54-20-21-56(77)70-59(54)79/h3-15,18-19,30-32,44,46-47,54,69H,16-17,20-29,33-38H2,1-2H3,(H,71,78)(H,70,77,79)/t44-,46?,47?,54?/m1/s1. The maximum Gasteiger partial charge on any atom is 0.501 e. The van der Waals surface area contributed by atoms with Crippen molar-refractivity contribution >= 4 is 89.7 Å². The zero-order valence-corrected chi connectivity index (χ0v) is 51.7. The predicted octanol–water partition coefficient (Wildman–Crippen LogP) is 9.39. The number of piperidine rings is 3. The lowest BCUT2D eigenvalue weighted by Crippen LogP contribution is -2.62. The number of sulfonamides is 1. The molecule has 466 valence electrons. The number of sulfone groups is 1. The highest BCUT2D eigenvalue weighted by molar-refractivity contribution is 7.99. The van der Waals surface area contributed by atoms with Gasteiger partial charge in [0.25, 0.3) is 37.6 Å². The Morgan fingerprint density at radius 2 is 1.50 bits per heavy atom. The molecule has 0 radical (unpaired) electrons. The predicted molar refractivity (Wildman–Crippen MR) is 326 cm³/mol. The summed E-state index contributed by atoms with van der Waals surface area (Å²) < 4.78 is 116. The number of rotatable bonds is 19. The van der Waals surface area contributed by atoms with Gasteiger partial charge in [-0.1, -0.05) is 61.4 Å². The van der Waals surface area contributed by atoms with Crippen molar-refractivity contribution in [2.24, 2.45) is 5.41 Å². The monoisotopic (exact) mass is 1290 g/mol. The molecule has 3 unspecified atom stereocenters. The molecule has 0 spiro atoms. The average molecular weight is 1290 g/mol. The van der Waals surface area contributed by atoms with Gasteiger partial charge in [-0.05, 0) is 146 Å². The number of benzene rings is 5. The molecule has 5 amide bonds. The van der Waals surface area contributed by atoms with E-state index in [4.69, 9.17) is 11.6 Å². The SMILES string of the molecule is CC1(C)CCC(c2ccc(Cl)cc2)=C(CN2CCN(c3ccc(C(=O)NS(=O)(=O)c4ccc(N[C@H](CCN5CC6CCC5CN6Cc5cc(F)c6c(c5)C(=O)N(C5CCC(=O)NC5=O)C6=O)CSc5ccccc5)c(S(=O)(=O)C(F)(F)F)c4)cc3)CC2)C1. The maximum atomic E-state index is 15.7. The number of carbonyl (C=O) groups excluding carboxylic acids is 5. The fourth-order valence-electron chi connectivity index (χ4n) is 13.0. The highest BCUT2D eigenvalue weighted by Crippen LogP contribution is 2.44. The number of piperazine rings is 2. The van der Waals surface area contributed by atoms with E-state index in [2.05, 4.69) is 56.2 Å². The van der Waals surface area contributed by atoms with E-state index >= 15 is 4.39 Å². The Morgan fingerprint density at radius 1 is 0.807 bits per heavy atom. The zero-order valence-electron chi connectivity index (χ0n) is 48.5. The second-order valence-corrected chi connectivity index (χ2v) is 29.4. The van der Waals surface area contributed by atoms with E-state index < -0.39 is 93.8 Å². The third-order valence-electron chi connectivity index (χ3n) is 17.7. The van der Waals surface area contributed by atoms with Crippen LogP contribution >= 0.6 is 23.4 Å². The Labute approximate surface area is 518 Å². The number of carbonyl (C=O) groups is 5. The summed E-state index contributed by atoms with van der Waals surface area (Å²) >= 11 is 7.60. The number of imide groups is 2. The van der Waals surface area contributed by atoms with Crippen LogP contribution in [0.2, 0.25) is 5.02 Å². The number of anilines is 2. The van der Waals surface area contributed by atoms with Gasteiger partial charge in [-0.2, -0.15) is 13.2 Å². The number of nitrogens with zero attached hydrogens (tertiary/aromatic N) is 5. The molecule has 4 atom stereocenters. The van der Waals surface area contributed by atoms with Crippen LogP contribution < -0.4 is 20.3 Å². The molecule has 2 bridgehead atoms. The number of allylic oxidation sites excluding steroid dienone is 1. The van der Waals surface area contributed by atoms with E-state index in [0.29, 0.717) is 55.8 Å². The summed E-state index contributed by atoms with van der Waals surface area (Å²) in [5, 5.41) is 5.86. The number of fused-ring (bicyclic) bond motifs is 4. The van der Waals surface area contributed by atoms with Crippen molar-refractivity contribution in [3.05, 3.63) is 153 Å². The van der Waals surface area contributed by atoms with Crippen molar-refractivity contribution in [2.45, 2.75) is 116 Å². The summed E-state index contributed by atoms with van der Waals surface area (Å²) in [6, 6.07) is 26.6. The molecule has 25 heteroatoms. The molecular weight excluding hydrogens is 1220 g/mol. The van der Waals surface area contributed by atoms with E-state index in [-0.39, 0.29) is 53.8 Å². The van der Waals surface area contributed by atoms with Gasteiger partial charge in [0.15, 0.2) is 0 Å². The zero-order chi connectivity index (χ0) is 62.5. The fraction of sp³-hybridized carbons (Fsp3) is 0.413. The van der Waals surface area contributed by atoms with E-state index in [1.54, 1.807) is 12.1 Å². The summed E-state index contributed by atoms with van der Waals surface area (Å²) in [7, 11) is -11.1. The first-order valence-corrected chi connectivity index (χ1v) is 33.7. The number of hydrogen-bond acceptors (Lipinski definition) is 15. The number of halogens is 5. The van der Waals surface area contributed by atoms with Crippen LogP contribution in [-0.4, -0.2) is 154 Å². The van der Waals surface area contributed by atoms with Crippen molar-refractivity contribution < 1.29 is 58.4 Å². The van der Waals surface area contributed by atoms with Crippen molar-refractivity contribution in [1.29, 1.82) is 0 Å². The van der Waals surface area contributed by atoms with Crippen molar-refractivity contribution in [2.75, 3.05) is 68.3 Å². The number of thioether (sulfide) groups is 1. The molecule has 7 aliphatic rings. The number of amides is 5. The Hall–Kier alpha value is -6.67. The van der Waals surface area contributed by atoms with Crippen LogP contribution in [0.25, 0.3) is 5.57 Å². The van der Waals surface area contributed by atoms with Gasteiger partial charge in [-0.15, -0.1) is 11.8 Å². The third kappa shape index (κ3) is 13.6. The highest BCUT2D eigenvalue weighted by atomic mass is 35.5. The minimum atomic E-state index is -6.19. The Balaban J connectivity index is 0.741. The van der Waals surface area contributed by atoms with Crippen LogP contribution in [0.1, 0.15) is 107 Å². The van der Waals surface area contributed by atoms with Gasteiger partial charge in [0.1, 0.15) is 16.8 Å². The molecular formula is C63H67ClF4N8O9S3. The van der Waals surface area contributed by atoms with Crippen LogP contribution in [-0.2, 0) is 36.0 Å². The molecule has 5 aromatic rings. The van der Waals surface area contributed by atoms with Gasteiger partial charge in [-0.25, -0.2) is 25.9 Å². The highest BCUT2D eigenvalue weighted by Gasteiger charge is 2.50. The van der Waals surface area contributed by atoms with Gasteiger partial charge >= 0.3 is 5.51 Å². The van der Waals surface area contributed by atoms with Gasteiger partial charge in [-0.3, -0.25) is 48.9 Å². The van der Waals surface area contributed by atoms with Crippen LogP contribution in [0, 0.1) is 11.2 Å². The molecule has 1 aliphatic carbocycles. The Kier molecular flexibility index (Phi) is 18.1. The van der Waals surface area contributed by atoms with Crippen molar-refractivity contribution in [3.8, 4) is 0 Å². The van der Waals surface area contributed by atoms with Gasteiger partial charge in [0.05, 0.1) is 21.7 Å². The molecule has 6 aliphatic heterocycles. The largest absolute Gasteiger partial charge is 0.501 e. The minimum absolute atomic E-state index is 0.0167. The second-order valence-electron chi connectivity index (χ2n) is 24.3. The van der Waals surface area contributed by atoms with Crippen LogP contribution in [0.3, 0.4) is 0 Å². The van der Waals surface area contributed by atoms with Crippen LogP contribution in [0.4, 0.5) is 28.9 Å². The lowest BCUT2D eigenvalue weighted by molar-refractivity contribution is -0.136. The normalized spacial score (nSPS) is 21.6. The van der Waals surface area contributed by atoms with Gasteiger partial charge < -0.3 is 10.2 Å². The first-order chi connectivity index (χ1) is 41.8. The van der Waals surface area contributed by atoms with Crippen molar-refractivity contribution in [1.82, 2.24) is 29.6 Å². The summed E-state index contributed by atoms with van der Waals surface area (Å²) in [4.78, 5) is 73.2. The van der Waals surface area contributed by atoms with E-state index in [0.717, 1.165) is 79.4 Å². The topological polar surface area (TPSA) is 206 Å². The summed E-state index contributed by atoms with van der Waals surface area (Å²) in [5.41, 5.74) is -1.52. The maximum absolute atomic E-state index is 15.7. The summed E-state index contributed by atoms with van der Waals surface area (Å²) in [6.45, 7) is 10.2. The molecule has 6 heterocycles. The third-order valence-corrected chi connectivity index (χ3v) is 22.0. The molecule has 5 saturated heterocycles.